The molecule has 0 saturated heterocycles. The van der Waals surface area contributed by atoms with Crippen LogP contribution in [0, 0.1) is 5.41 Å². The van der Waals surface area contributed by atoms with Gasteiger partial charge in [-0.25, -0.2) is 0 Å². The first-order valence-electron chi connectivity index (χ1n) is 5.54. The van der Waals surface area contributed by atoms with Crippen LogP contribution in [0.25, 0.3) is 0 Å². The van der Waals surface area contributed by atoms with Gasteiger partial charge in [-0.3, -0.25) is 0 Å². The zero-order valence-electron chi connectivity index (χ0n) is 10.5. The van der Waals surface area contributed by atoms with E-state index in [1.807, 2.05) is 0 Å². The van der Waals surface area contributed by atoms with Crippen LogP contribution in [0.2, 0.25) is 0 Å². The minimum Gasteiger partial charge on any atom is -0.382 e. The van der Waals surface area contributed by atoms with Crippen molar-refractivity contribution in [3.8, 4) is 0 Å². The molecule has 0 rings (SSSR count). The molecule has 0 aromatic heterocycles. The molecule has 3 N–H and O–H groups in total. The quantitative estimate of drug-likeness (QED) is 0.595. The molecule has 0 aliphatic carbocycles. The second-order valence-electron chi connectivity index (χ2n) is 4.31. The Kier molecular flexibility index (Phi) is 7.96. The largest absolute Gasteiger partial charge is 0.382 e. The van der Waals surface area contributed by atoms with Crippen molar-refractivity contribution in [2.45, 2.75) is 26.4 Å². The molecule has 15 heavy (non-hydrogen) atoms. The highest BCUT2D eigenvalue weighted by Crippen LogP contribution is 2.17. The van der Waals surface area contributed by atoms with Crippen molar-refractivity contribution in [1.82, 2.24) is 5.32 Å². The Morgan fingerprint density at radius 1 is 1.40 bits per heavy atom. The summed E-state index contributed by atoms with van der Waals surface area (Å²) in [5.41, 5.74) is 5.92. The molecule has 0 amide bonds. The third kappa shape index (κ3) is 6.10. The first kappa shape index (κ1) is 14.8. The predicted octanol–water partition coefficient (Wildman–Crippen LogP) is 0.612. The molecule has 0 bridgehead atoms. The van der Waals surface area contributed by atoms with Gasteiger partial charge in [-0.1, -0.05) is 13.8 Å². The van der Waals surface area contributed by atoms with Gasteiger partial charge in [-0.2, -0.15) is 0 Å². The Morgan fingerprint density at radius 3 is 2.47 bits per heavy atom. The van der Waals surface area contributed by atoms with Gasteiger partial charge in [0.1, 0.15) is 0 Å². The van der Waals surface area contributed by atoms with Gasteiger partial charge in [-0.15, -0.1) is 0 Å². The van der Waals surface area contributed by atoms with Crippen molar-refractivity contribution in [1.29, 1.82) is 0 Å². The van der Waals surface area contributed by atoms with Gasteiger partial charge in [0, 0.05) is 27.3 Å². The van der Waals surface area contributed by atoms with Gasteiger partial charge in [-0.05, 0) is 18.4 Å². The average molecular weight is 218 g/mol. The first-order chi connectivity index (χ1) is 7.11. The van der Waals surface area contributed by atoms with Crippen molar-refractivity contribution in [3.63, 3.8) is 0 Å². The molecule has 0 spiro atoms. The van der Waals surface area contributed by atoms with Gasteiger partial charge in [0.2, 0.25) is 0 Å². The van der Waals surface area contributed by atoms with Gasteiger partial charge < -0.3 is 20.5 Å². The minimum atomic E-state index is 0.119. The molecule has 0 aliphatic rings. The van der Waals surface area contributed by atoms with Gasteiger partial charge >= 0.3 is 0 Å². The van der Waals surface area contributed by atoms with E-state index in [-0.39, 0.29) is 11.5 Å². The molecular weight excluding hydrogens is 192 g/mol. The number of methoxy groups -OCH3 is 2. The normalized spacial score (nSPS) is 17.4. The van der Waals surface area contributed by atoms with Gasteiger partial charge in [0.15, 0.2) is 0 Å². The summed E-state index contributed by atoms with van der Waals surface area (Å²) in [5.74, 6) is 0. The fraction of sp³-hybridized carbons (Fsp3) is 1.00. The molecule has 2 atom stereocenters. The standard InChI is InChI=1S/C11H26N2O2/c1-5-11(2,8-12)9-13-6-10(15-4)7-14-3/h10,13H,5-9,12H2,1-4H3. The van der Waals surface area contributed by atoms with Crippen molar-refractivity contribution in [2.75, 3.05) is 40.5 Å². The lowest BCUT2D eigenvalue weighted by atomic mass is 9.88. The van der Waals surface area contributed by atoms with Crippen LogP contribution in [0.3, 0.4) is 0 Å². The Bertz CT molecular complexity index is 150. The molecule has 0 radical (unpaired) electrons. The molecule has 0 saturated carbocycles. The molecule has 4 heteroatoms. The number of rotatable bonds is 9. The lowest BCUT2D eigenvalue weighted by Crippen LogP contribution is -2.41. The Balaban J connectivity index is 3.75. The fourth-order valence-electron chi connectivity index (χ4n) is 1.27. The first-order valence-corrected chi connectivity index (χ1v) is 5.54. The highest BCUT2D eigenvalue weighted by molar-refractivity contribution is 4.77. The molecule has 0 aliphatic heterocycles. The van der Waals surface area contributed by atoms with Crippen molar-refractivity contribution < 1.29 is 9.47 Å². The van der Waals surface area contributed by atoms with Crippen molar-refractivity contribution >= 4 is 0 Å². The molecule has 0 heterocycles. The number of hydrogen-bond acceptors (Lipinski definition) is 4. The maximum atomic E-state index is 5.73. The second-order valence-corrected chi connectivity index (χ2v) is 4.31. The smallest absolute Gasteiger partial charge is 0.0928 e. The maximum Gasteiger partial charge on any atom is 0.0928 e. The summed E-state index contributed by atoms with van der Waals surface area (Å²) in [7, 11) is 3.38. The highest BCUT2D eigenvalue weighted by atomic mass is 16.5. The summed E-state index contributed by atoms with van der Waals surface area (Å²) in [4.78, 5) is 0. The van der Waals surface area contributed by atoms with E-state index in [9.17, 15) is 0 Å². The van der Waals surface area contributed by atoms with E-state index in [2.05, 4.69) is 19.2 Å². The third-order valence-corrected chi connectivity index (χ3v) is 2.96. The zero-order valence-corrected chi connectivity index (χ0v) is 10.5. The lowest BCUT2D eigenvalue weighted by molar-refractivity contribution is 0.0275. The average Bonchev–Trinajstić information content (AvgIpc) is 2.27. The van der Waals surface area contributed by atoms with Crippen LogP contribution in [0.1, 0.15) is 20.3 Å². The van der Waals surface area contributed by atoms with Crippen LogP contribution in [0.5, 0.6) is 0 Å². The van der Waals surface area contributed by atoms with Crippen molar-refractivity contribution in [2.24, 2.45) is 11.1 Å². The summed E-state index contributed by atoms with van der Waals surface area (Å²) in [5, 5.41) is 3.38. The topological polar surface area (TPSA) is 56.5 Å². The number of ether oxygens (including phenoxy) is 2. The van der Waals surface area contributed by atoms with E-state index in [0.717, 1.165) is 19.5 Å². The molecule has 0 aromatic carbocycles. The zero-order chi connectivity index (χ0) is 11.7. The molecule has 0 fully saturated rings. The number of hydrogen-bond donors (Lipinski definition) is 2. The minimum absolute atomic E-state index is 0.119. The van der Waals surface area contributed by atoms with Crippen molar-refractivity contribution in [3.05, 3.63) is 0 Å². The molecular formula is C11H26N2O2. The summed E-state index contributed by atoms with van der Waals surface area (Å²) in [6.45, 7) is 7.41. The van der Waals surface area contributed by atoms with Crippen LogP contribution in [-0.4, -0.2) is 46.6 Å². The molecule has 2 unspecified atom stereocenters. The van der Waals surface area contributed by atoms with E-state index in [0.29, 0.717) is 13.2 Å². The van der Waals surface area contributed by atoms with Crippen LogP contribution in [-0.2, 0) is 9.47 Å². The van der Waals surface area contributed by atoms with E-state index in [4.69, 9.17) is 15.2 Å². The maximum absolute atomic E-state index is 5.73. The van der Waals surface area contributed by atoms with E-state index < -0.39 is 0 Å². The monoisotopic (exact) mass is 218 g/mol. The summed E-state index contributed by atoms with van der Waals surface area (Å²) in [6, 6.07) is 0. The second kappa shape index (κ2) is 8.05. The van der Waals surface area contributed by atoms with E-state index in [1.54, 1.807) is 14.2 Å². The van der Waals surface area contributed by atoms with E-state index in [1.165, 1.54) is 0 Å². The lowest BCUT2D eigenvalue weighted by Gasteiger charge is -2.27. The Morgan fingerprint density at radius 2 is 2.07 bits per heavy atom. The molecule has 4 nitrogen and oxygen atoms in total. The number of nitrogens with two attached hydrogens (primary N) is 1. The SMILES string of the molecule is CCC(C)(CN)CNCC(COC)OC. The Hall–Kier alpha value is -0.160. The van der Waals surface area contributed by atoms with Crippen LogP contribution < -0.4 is 11.1 Å². The fourth-order valence-corrected chi connectivity index (χ4v) is 1.27. The number of nitrogens with one attached hydrogen (secondary N) is 1. The Labute approximate surface area is 93.5 Å². The van der Waals surface area contributed by atoms with Crippen LogP contribution in [0.4, 0.5) is 0 Å². The molecule has 92 valence electrons. The highest BCUT2D eigenvalue weighted by Gasteiger charge is 2.19. The predicted molar refractivity (Wildman–Crippen MR) is 63.0 cm³/mol. The van der Waals surface area contributed by atoms with E-state index >= 15 is 0 Å². The third-order valence-electron chi connectivity index (χ3n) is 2.96. The van der Waals surface area contributed by atoms with Crippen LogP contribution in [0.15, 0.2) is 0 Å². The van der Waals surface area contributed by atoms with Crippen LogP contribution >= 0.6 is 0 Å². The summed E-state index contributed by atoms with van der Waals surface area (Å²) >= 11 is 0. The molecule has 0 aromatic rings. The van der Waals surface area contributed by atoms with Gasteiger partial charge in [0.05, 0.1) is 12.7 Å². The summed E-state index contributed by atoms with van der Waals surface area (Å²) in [6.07, 6.45) is 1.20. The summed E-state index contributed by atoms with van der Waals surface area (Å²) < 4.78 is 10.3. The van der Waals surface area contributed by atoms with Gasteiger partial charge in [0.25, 0.3) is 0 Å².